The van der Waals surface area contributed by atoms with Crippen LogP contribution in [0.1, 0.15) is 36.1 Å². The highest BCUT2D eigenvalue weighted by Crippen LogP contribution is 2.44. The lowest BCUT2D eigenvalue weighted by Gasteiger charge is -2.38. The number of fused-ring (bicyclic) bond motifs is 2. The van der Waals surface area contributed by atoms with Crippen LogP contribution in [0.15, 0.2) is 30.5 Å². The second kappa shape index (κ2) is 10.2. The molecule has 35 heavy (non-hydrogen) atoms. The summed E-state index contributed by atoms with van der Waals surface area (Å²) in [6, 6.07) is 8.78. The molecule has 2 N–H and O–H groups in total. The average molecular weight is 513 g/mol. The highest BCUT2D eigenvalue weighted by atomic mass is 35.5. The number of nitrogens with one attached hydrogen (secondary N) is 1. The Labute approximate surface area is 213 Å². The number of hydrogen-bond donors (Lipinski definition) is 2. The normalized spacial score (nSPS) is 19.8. The molecule has 7 nitrogen and oxygen atoms in total. The molecule has 2 amide bonds. The molecular formula is C26H29ClN4O3S. The highest BCUT2D eigenvalue weighted by molar-refractivity contribution is 7.19. The zero-order chi connectivity index (χ0) is 24.5. The number of carbonyl (C=O) groups is 2. The van der Waals surface area contributed by atoms with E-state index in [-0.39, 0.29) is 11.8 Å². The molecule has 1 atom stereocenters. The summed E-state index contributed by atoms with van der Waals surface area (Å²) in [5.74, 6) is -0.175. The first-order valence-electron chi connectivity index (χ1n) is 12.0. The zero-order valence-electron chi connectivity index (χ0n) is 19.7. The second-order valence-electron chi connectivity index (χ2n) is 9.06. The van der Waals surface area contributed by atoms with Gasteiger partial charge in [-0.1, -0.05) is 11.6 Å². The van der Waals surface area contributed by atoms with E-state index in [1.54, 1.807) is 11.3 Å². The number of nitrogens with zero attached hydrogens (tertiary/aromatic N) is 3. The fourth-order valence-electron chi connectivity index (χ4n) is 5.45. The maximum absolute atomic E-state index is 12.1. The van der Waals surface area contributed by atoms with Crippen molar-refractivity contribution in [2.75, 3.05) is 31.6 Å². The van der Waals surface area contributed by atoms with E-state index in [9.17, 15) is 9.59 Å². The zero-order valence-corrected chi connectivity index (χ0v) is 21.3. The van der Waals surface area contributed by atoms with Gasteiger partial charge < -0.3 is 15.3 Å². The van der Waals surface area contributed by atoms with Crippen LogP contribution in [-0.4, -0.2) is 59.6 Å². The minimum absolute atomic E-state index is 0.0876. The van der Waals surface area contributed by atoms with Gasteiger partial charge in [-0.25, -0.2) is 0 Å². The lowest BCUT2D eigenvalue weighted by molar-refractivity contribution is -0.138. The van der Waals surface area contributed by atoms with Crippen LogP contribution in [-0.2, 0) is 22.6 Å². The van der Waals surface area contributed by atoms with Gasteiger partial charge >= 0.3 is 0 Å². The molecule has 6 rings (SSSR count). The molecule has 3 aliphatic heterocycles. The molecule has 2 aromatic heterocycles. The van der Waals surface area contributed by atoms with Gasteiger partial charge in [0.05, 0.1) is 16.8 Å². The third-order valence-electron chi connectivity index (χ3n) is 6.98. The van der Waals surface area contributed by atoms with E-state index in [2.05, 4.69) is 33.4 Å². The molecule has 0 saturated carbocycles. The van der Waals surface area contributed by atoms with Crippen LogP contribution in [0.2, 0.25) is 5.02 Å². The Morgan fingerprint density at radius 3 is 2.69 bits per heavy atom. The maximum atomic E-state index is 12.1. The highest BCUT2D eigenvalue weighted by Gasteiger charge is 2.31. The number of imide groups is 1. The van der Waals surface area contributed by atoms with Gasteiger partial charge in [0, 0.05) is 72.0 Å². The summed E-state index contributed by atoms with van der Waals surface area (Å²) in [5.41, 5.74) is 5.77. The molecule has 184 valence electrons. The van der Waals surface area contributed by atoms with E-state index in [4.69, 9.17) is 16.7 Å². The van der Waals surface area contributed by atoms with Gasteiger partial charge in [0.2, 0.25) is 11.8 Å². The van der Waals surface area contributed by atoms with Crippen LogP contribution in [0.25, 0.3) is 21.3 Å². The second-order valence-corrected chi connectivity index (χ2v) is 10.6. The third-order valence-corrected chi connectivity index (χ3v) is 8.34. The summed E-state index contributed by atoms with van der Waals surface area (Å²) >= 11 is 8.23. The Kier molecular flexibility index (Phi) is 7.07. The van der Waals surface area contributed by atoms with Crippen molar-refractivity contribution in [3.8, 4) is 11.1 Å². The van der Waals surface area contributed by atoms with Crippen LogP contribution in [0.3, 0.4) is 0 Å². The first-order chi connectivity index (χ1) is 17.1. The van der Waals surface area contributed by atoms with Gasteiger partial charge in [-0.2, -0.15) is 0 Å². The summed E-state index contributed by atoms with van der Waals surface area (Å²) < 4.78 is 1.08. The monoisotopic (exact) mass is 512 g/mol. The number of amides is 2. The van der Waals surface area contributed by atoms with Crippen molar-refractivity contribution in [2.45, 2.75) is 44.7 Å². The van der Waals surface area contributed by atoms with Crippen LogP contribution in [0.5, 0.6) is 0 Å². The standard InChI is InChI=1S/C25H25ClN4O2S.CH4O/c26-16-10-15-2-1-9-29(17-5-7-27-13-17)24(15)20(11-16)19-6-8-28-21-12-18(33-25(19)21)14-30-22(31)3-4-23(30)32;1-2/h6,8,10-12,17,27H,1-5,7,9,13-14H2;2H,1H3. The molecule has 3 aromatic rings. The van der Waals surface area contributed by atoms with E-state index >= 15 is 0 Å². The maximum Gasteiger partial charge on any atom is 0.230 e. The predicted molar refractivity (Wildman–Crippen MR) is 140 cm³/mol. The summed E-state index contributed by atoms with van der Waals surface area (Å²) in [6.45, 7) is 3.44. The van der Waals surface area contributed by atoms with E-state index in [1.807, 2.05) is 12.3 Å². The number of halogens is 1. The van der Waals surface area contributed by atoms with Crippen LogP contribution < -0.4 is 10.2 Å². The topological polar surface area (TPSA) is 85.8 Å². The van der Waals surface area contributed by atoms with E-state index in [0.29, 0.717) is 25.4 Å². The molecule has 0 bridgehead atoms. The first kappa shape index (κ1) is 24.2. The van der Waals surface area contributed by atoms with Crippen molar-refractivity contribution in [2.24, 2.45) is 0 Å². The van der Waals surface area contributed by atoms with Crippen molar-refractivity contribution in [3.05, 3.63) is 45.9 Å². The van der Waals surface area contributed by atoms with Gasteiger partial charge in [-0.05, 0) is 55.6 Å². The minimum atomic E-state index is -0.0876. The van der Waals surface area contributed by atoms with Gasteiger partial charge in [-0.3, -0.25) is 19.5 Å². The van der Waals surface area contributed by atoms with Crippen molar-refractivity contribution in [3.63, 3.8) is 0 Å². The number of likely N-dealkylation sites (tertiary alicyclic amines) is 1. The molecule has 5 heterocycles. The van der Waals surface area contributed by atoms with Crippen molar-refractivity contribution < 1.29 is 14.7 Å². The quantitative estimate of drug-likeness (QED) is 0.514. The number of anilines is 1. The Morgan fingerprint density at radius 1 is 1.14 bits per heavy atom. The molecule has 2 fully saturated rings. The molecule has 3 aliphatic rings. The average Bonchev–Trinajstić information content (AvgIpc) is 3.61. The number of thiophene rings is 1. The number of aryl methyl sites for hydroxylation is 1. The smallest absolute Gasteiger partial charge is 0.230 e. The molecule has 0 spiro atoms. The van der Waals surface area contributed by atoms with E-state index in [0.717, 1.165) is 77.2 Å². The van der Waals surface area contributed by atoms with Gasteiger partial charge in [0.15, 0.2) is 0 Å². The molecule has 1 unspecified atom stereocenters. The van der Waals surface area contributed by atoms with Gasteiger partial charge in [0.1, 0.15) is 0 Å². The Bertz CT molecular complexity index is 1250. The molecule has 0 radical (unpaired) electrons. The number of aliphatic hydroxyl groups is 1. The summed E-state index contributed by atoms with van der Waals surface area (Å²) in [6.07, 6.45) is 5.78. The number of pyridine rings is 1. The van der Waals surface area contributed by atoms with Crippen LogP contribution in [0, 0.1) is 0 Å². The number of benzene rings is 1. The lowest BCUT2D eigenvalue weighted by Crippen LogP contribution is -2.40. The Hall–Kier alpha value is -2.52. The number of carbonyl (C=O) groups excluding carboxylic acids is 2. The molecule has 9 heteroatoms. The van der Waals surface area contributed by atoms with E-state index < -0.39 is 0 Å². The van der Waals surface area contributed by atoms with E-state index in [1.165, 1.54) is 16.2 Å². The van der Waals surface area contributed by atoms with Gasteiger partial charge in [0.25, 0.3) is 0 Å². The van der Waals surface area contributed by atoms with Crippen molar-refractivity contribution in [1.82, 2.24) is 15.2 Å². The predicted octanol–water partition coefficient (Wildman–Crippen LogP) is 3.99. The fourth-order valence-corrected chi connectivity index (χ4v) is 6.82. The fraction of sp³-hybridized carbons (Fsp3) is 0.423. The number of rotatable bonds is 4. The molecular weight excluding hydrogens is 484 g/mol. The lowest BCUT2D eigenvalue weighted by atomic mass is 9.92. The summed E-state index contributed by atoms with van der Waals surface area (Å²) in [4.78, 5) is 33.8. The van der Waals surface area contributed by atoms with Gasteiger partial charge in [-0.15, -0.1) is 11.3 Å². The SMILES string of the molecule is CO.O=C1CCC(=O)N1Cc1cc2nccc(-c3cc(Cl)cc4c3N(C3CCNC3)CCC4)c2s1. The molecule has 1 aromatic carbocycles. The molecule has 0 aliphatic carbocycles. The largest absolute Gasteiger partial charge is 0.400 e. The summed E-state index contributed by atoms with van der Waals surface area (Å²) in [5, 5.41) is 11.3. The van der Waals surface area contributed by atoms with Crippen LogP contribution in [0.4, 0.5) is 5.69 Å². The van der Waals surface area contributed by atoms with Crippen molar-refractivity contribution >= 4 is 50.7 Å². The Morgan fingerprint density at radius 2 is 1.94 bits per heavy atom. The Balaban J connectivity index is 0.00000124. The number of aromatic nitrogens is 1. The first-order valence-corrected chi connectivity index (χ1v) is 13.2. The molecule has 2 saturated heterocycles. The number of hydrogen-bond acceptors (Lipinski definition) is 7. The third kappa shape index (κ3) is 4.56. The number of aliphatic hydroxyl groups excluding tert-OH is 1. The summed E-state index contributed by atoms with van der Waals surface area (Å²) in [7, 11) is 1.00. The van der Waals surface area contributed by atoms with Crippen molar-refractivity contribution in [1.29, 1.82) is 0 Å². The minimum Gasteiger partial charge on any atom is -0.400 e. The van der Waals surface area contributed by atoms with Crippen LogP contribution >= 0.6 is 22.9 Å².